The molecule has 0 aromatic heterocycles. The van der Waals surface area contributed by atoms with Gasteiger partial charge in [0.1, 0.15) is 0 Å². The van der Waals surface area contributed by atoms with Gasteiger partial charge in [-0.15, -0.1) is 0 Å². The molecule has 100 valence electrons. The lowest BCUT2D eigenvalue weighted by molar-refractivity contribution is 0.582. The number of nitrogens with two attached hydrogens (primary N) is 1. The Morgan fingerprint density at radius 1 is 1.33 bits per heavy atom. The summed E-state index contributed by atoms with van der Waals surface area (Å²) in [5.74, 6) is -0.446. The van der Waals surface area contributed by atoms with Crippen LogP contribution in [0.4, 0.5) is 5.69 Å². The molecule has 0 aliphatic carbocycles. The fourth-order valence-electron chi connectivity index (χ4n) is 1.94. The Morgan fingerprint density at radius 3 is 2.56 bits per heavy atom. The lowest BCUT2D eigenvalue weighted by Gasteiger charge is -2.12. The van der Waals surface area contributed by atoms with E-state index in [4.69, 9.17) is 17.3 Å². The highest BCUT2D eigenvalue weighted by molar-refractivity contribution is 7.96. The number of rotatable bonds is 2. The molecule has 5 nitrogen and oxygen atoms in total. The third-order valence-corrected chi connectivity index (χ3v) is 7.37. The van der Waals surface area contributed by atoms with Crippen LogP contribution >= 0.6 is 11.6 Å². The van der Waals surface area contributed by atoms with Crippen molar-refractivity contribution < 1.29 is 16.8 Å². The highest BCUT2D eigenvalue weighted by Crippen LogP contribution is 2.30. The van der Waals surface area contributed by atoms with E-state index in [1.54, 1.807) is 0 Å². The molecule has 1 saturated heterocycles. The molecule has 1 aliphatic rings. The molecule has 1 atom stereocenters. The van der Waals surface area contributed by atoms with Gasteiger partial charge in [-0.05, 0) is 24.6 Å². The van der Waals surface area contributed by atoms with Gasteiger partial charge in [-0.2, -0.15) is 0 Å². The molecular formula is C10H12ClNO4S2. The monoisotopic (exact) mass is 309 g/mol. The molecule has 0 spiro atoms. The molecule has 0 saturated carbocycles. The van der Waals surface area contributed by atoms with Crippen LogP contribution in [0, 0.1) is 0 Å². The molecule has 2 N–H and O–H groups in total. The molecule has 1 aromatic carbocycles. The maximum atomic E-state index is 12.3. The fraction of sp³-hybridized carbons (Fsp3) is 0.400. The predicted octanol–water partition coefficient (Wildman–Crippen LogP) is 0.883. The Labute approximate surface area is 111 Å². The maximum Gasteiger partial charge on any atom is 0.184 e. The summed E-state index contributed by atoms with van der Waals surface area (Å²) in [6, 6.07) is 4.15. The minimum atomic E-state index is -3.75. The fourth-order valence-corrected chi connectivity index (χ4v) is 6.68. The van der Waals surface area contributed by atoms with Gasteiger partial charge in [0.05, 0.1) is 27.3 Å². The second-order valence-corrected chi connectivity index (χ2v) is 9.11. The lowest BCUT2D eigenvalue weighted by atomic mass is 10.3. The van der Waals surface area contributed by atoms with Gasteiger partial charge in [-0.3, -0.25) is 0 Å². The van der Waals surface area contributed by atoms with Crippen molar-refractivity contribution in [2.24, 2.45) is 0 Å². The number of halogens is 1. The average Bonchev–Trinajstić information content (AvgIpc) is 2.63. The van der Waals surface area contributed by atoms with Crippen molar-refractivity contribution in [1.82, 2.24) is 0 Å². The summed E-state index contributed by atoms with van der Waals surface area (Å²) in [4.78, 5) is -0.0860. The molecule has 0 bridgehead atoms. The van der Waals surface area contributed by atoms with Crippen molar-refractivity contribution >= 4 is 37.0 Å². The van der Waals surface area contributed by atoms with E-state index in [0.717, 1.165) is 0 Å². The molecule has 18 heavy (non-hydrogen) atoms. The zero-order valence-electron chi connectivity index (χ0n) is 9.34. The topological polar surface area (TPSA) is 94.3 Å². The number of sulfone groups is 2. The van der Waals surface area contributed by atoms with Crippen LogP contribution < -0.4 is 5.73 Å². The number of hydrogen-bond acceptors (Lipinski definition) is 5. The van der Waals surface area contributed by atoms with Gasteiger partial charge < -0.3 is 5.73 Å². The van der Waals surface area contributed by atoms with E-state index in [2.05, 4.69) is 0 Å². The van der Waals surface area contributed by atoms with Gasteiger partial charge in [0.15, 0.2) is 19.7 Å². The smallest absolute Gasteiger partial charge is 0.184 e. The van der Waals surface area contributed by atoms with Crippen molar-refractivity contribution in [3.05, 3.63) is 23.2 Å². The van der Waals surface area contributed by atoms with E-state index in [1.807, 2.05) is 0 Å². The van der Waals surface area contributed by atoms with Crippen LogP contribution in [-0.2, 0) is 19.7 Å². The minimum Gasteiger partial charge on any atom is -0.398 e. The standard InChI is InChI=1S/C10H12ClNO4S2/c11-7-1-2-9(12)10(5-7)18(15,16)8-3-4-17(13,14)6-8/h1-2,5,8H,3-4,6,12H2. The van der Waals surface area contributed by atoms with Crippen LogP contribution in [0.5, 0.6) is 0 Å². The van der Waals surface area contributed by atoms with Crippen molar-refractivity contribution in [2.75, 3.05) is 17.2 Å². The molecule has 1 heterocycles. The number of anilines is 1. The minimum absolute atomic E-state index is 0.0860. The first-order valence-electron chi connectivity index (χ1n) is 5.22. The summed E-state index contributed by atoms with van der Waals surface area (Å²) in [6.07, 6.45) is 0.108. The van der Waals surface area contributed by atoms with Crippen molar-refractivity contribution in [3.8, 4) is 0 Å². The van der Waals surface area contributed by atoms with E-state index in [9.17, 15) is 16.8 Å². The highest BCUT2D eigenvalue weighted by atomic mass is 35.5. The molecule has 0 radical (unpaired) electrons. The number of benzene rings is 1. The number of nitrogen functional groups attached to an aromatic ring is 1. The highest BCUT2D eigenvalue weighted by Gasteiger charge is 2.38. The largest absolute Gasteiger partial charge is 0.398 e. The Balaban J connectivity index is 2.47. The summed E-state index contributed by atoms with van der Waals surface area (Å²) < 4.78 is 47.3. The summed E-state index contributed by atoms with van der Waals surface area (Å²) in [7, 11) is -7.01. The summed E-state index contributed by atoms with van der Waals surface area (Å²) in [5, 5.41) is -0.674. The third-order valence-electron chi connectivity index (χ3n) is 2.91. The summed E-state index contributed by atoms with van der Waals surface area (Å²) in [6.45, 7) is 0. The van der Waals surface area contributed by atoms with Crippen LogP contribution in [0.1, 0.15) is 6.42 Å². The number of hydrogen-bond donors (Lipinski definition) is 1. The first-order chi connectivity index (χ1) is 8.22. The molecule has 1 fully saturated rings. The van der Waals surface area contributed by atoms with Crippen molar-refractivity contribution in [2.45, 2.75) is 16.6 Å². The molecule has 8 heteroatoms. The van der Waals surface area contributed by atoms with E-state index < -0.39 is 24.9 Å². The Morgan fingerprint density at radius 2 is 2.00 bits per heavy atom. The van der Waals surface area contributed by atoms with Gasteiger partial charge in [0.2, 0.25) is 0 Å². The van der Waals surface area contributed by atoms with Gasteiger partial charge in [-0.25, -0.2) is 16.8 Å². The zero-order valence-corrected chi connectivity index (χ0v) is 11.7. The van der Waals surface area contributed by atoms with Gasteiger partial charge in [0, 0.05) is 5.02 Å². The van der Waals surface area contributed by atoms with Gasteiger partial charge in [-0.1, -0.05) is 11.6 Å². The van der Waals surface area contributed by atoms with Crippen LogP contribution in [0.2, 0.25) is 5.02 Å². The molecular weight excluding hydrogens is 298 g/mol. The molecule has 1 aliphatic heterocycles. The van der Waals surface area contributed by atoms with Crippen molar-refractivity contribution in [1.29, 1.82) is 0 Å². The van der Waals surface area contributed by atoms with Crippen LogP contribution in [0.25, 0.3) is 0 Å². The second kappa shape index (κ2) is 4.40. The first-order valence-corrected chi connectivity index (χ1v) is 8.96. The molecule has 0 amide bonds. The maximum absolute atomic E-state index is 12.3. The Hall–Kier alpha value is -0.790. The molecule has 1 unspecified atom stereocenters. The van der Waals surface area contributed by atoms with Crippen LogP contribution in [0.3, 0.4) is 0 Å². The SMILES string of the molecule is Nc1ccc(Cl)cc1S(=O)(=O)C1CCS(=O)(=O)C1. The second-order valence-electron chi connectivity index (χ2n) is 4.25. The predicted molar refractivity (Wildman–Crippen MR) is 70.1 cm³/mol. The first kappa shape index (κ1) is 13.6. The Kier molecular flexibility index (Phi) is 3.33. The van der Waals surface area contributed by atoms with E-state index >= 15 is 0 Å². The Bertz CT molecular complexity index is 682. The van der Waals surface area contributed by atoms with Crippen LogP contribution in [0.15, 0.2) is 23.1 Å². The normalized spacial score (nSPS) is 23.1. The van der Waals surface area contributed by atoms with Gasteiger partial charge in [0.25, 0.3) is 0 Å². The zero-order chi connectivity index (χ0) is 13.6. The average molecular weight is 310 g/mol. The third kappa shape index (κ3) is 2.48. The molecule has 2 rings (SSSR count). The van der Waals surface area contributed by atoms with Gasteiger partial charge >= 0.3 is 0 Å². The quantitative estimate of drug-likeness (QED) is 0.818. The summed E-state index contributed by atoms with van der Waals surface area (Å²) >= 11 is 5.75. The molecule has 1 aromatic rings. The van der Waals surface area contributed by atoms with E-state index in [-0.39, 0.29) is 33.5 Å². The van der Waals surface area contributed by atoms with Crippen LogP contribution in [-0.4, -0.2) is 33.6 Å². The van der Waals surface area contributed by atoms with Crippen molar-refractivity contribution in [3.63, 3.8) is 0 Å². The van der Waals surface area contributed by atoms with E-state index in [0.29, 0.717) is 0 Å². The van der Waals surface area contributed by atoms with E-state index in [1.165, 1.54) is 18.2 Å². The lowest BCUT2D eigenvalue weighted by Crippen LogP contribution is -2.23. The summed E-state index contributed by atoms with van der Waals surface area (Å²) in [5.41, 5.74) is 5.71.